The molecule has 94 valence electrons. The van der Waals surface area contributed by atoms with Crippen molar-refractivity contribution in [2.45, 2.75) is 10.9 Å². The van der Waals surface area contributed by atoms with Crippen LogP contribution < -0.4 is 10.5 Å². The summed E-state index contributed by atoms with van der Waals surface area (Å²) < 4.78 is 30.2. The highest BCUT2D eigenvalue weighted by molar-refractivity contribution is 7.89. The molecule has 0 saturated carbocycles. The number of carbonyl (C=O) groups is 1. The largest absolute Gasteiger partial charge is 0.468 e. The zero-order valence-electron chi connectivity index (χ0n) is 9.16. The summed E-state index contributed by atoms with van der Waals surface area (Å²) in [5, 5.41) is 0. The molecule has 0 bridgehead atoms. The number of sulfonamides is 1. The van der Waals surface area contributed by atoms with E-state index in [4.69, 9.17) is 5.73 Å². The second-order valence-electron chi connectivity index (χ2n) is 3.12. The summed E-state index contributed by atoms with van der Waals surface area (Å²) in [5.74, 6) is -0.736. The van der Waals surface area contributed by atoms with E-state index in [2.05, 4.69) is 14.4 Å². The van der Waals surface area contributed by atoms with E-state index in [9.17, 15) is 13.2 Å². The molecule has 1 atom stereocenters. The van der Waals surface area contributed by atoms with E-state index in [0.29, 0.717) is 0 Å². The Labute approximate surface area is 99.0 Å². The molecular weight excluding hydrogens is 246 g/mol. The van der Waals surface area contributed by atoms with Crippen molar-refractivity contribution in [1.82, 2.24) is 9.71 Å². The average Bonchev–Trinajstić information content (AvgIpc) is 2.36. The van der Waals surface area contributed by atoms with Gasteiger partial charge in [-0.3, -0.25) is 9.78 Å². The van der Waals surface area contributed by atoms with E-state index in [-0.39, 0.29) is 11.4 Å². The van der Waals surface area contributed by atoms with Crippen LogP contribution in [0.1, 0.15) is 0 Å². The first-order valence-corrected chi connectivity index (χ1v) is 6.20. The van der Waals surface area contributed by atoms with Crippen molar-refractivity contribution in [1.29, 1.82) is 0 Å². The average molecular weight is 259 g/mol. The van der Waals surface area contributed by atoms with E-state index in [1.54, 1.807) is 0 Å². The molecule has 0 saturated heterocycles. The maximum absolute atomic E-state index is 11.8. The Morgan fingerprint density at radius 3 is 2.82 bits per heavy atom. The highest BCUT2D eigenvalue weighted by Gasteiger charge is 2.25. The normalized spacial score (nSPS) is 13.1. The number of hydrogen-bond donors (Lipinski definition) is 2. The zero-order chi connectivity index (χ0) is 12.9. The first-order chi connectivity index (χ1) is 8.01. The number of hydrogen-bond acceptors (Lipinski definition) is 6. The number of methoxy groups -OCH3 is 1. The van der Waals surface area contributed by atoms with Crippen LogP contribution in [0.2, 0.25) is 0 Å². The summed E-state index contributed by atoms with van der Waals surface area (Å²) in [6.45, 7) is -0.188. The van der Waals surface area contributed by atoms with Crippen LogP contribution in [-0.2, 0) is 19.6 Å². The van der Waals surface area contributed by atoms with Gasteiger partial charge in [-0.05, 0) is 12.1 Å². The SMILES string of the molecule is COC(=O)[C@@H](CN)NS(=O)(=O)c1cccnc1. The molecule has 0 aliphatic rings. The molecule has 1 rings (SSSR count). The first kappa shape index (κ1) is 13.6. The van der Waals surface area contributed by atoms with Crippen LogP contribution in [0, 0.1) is 0 Å². The Kier molecular flexibility index (Phi) is 4.55. The standard InChI is InChI=1S/C9H13N3O4S/c1-16-9(13)8(5-10)12-17(14,15)7-3-2-4-11-6-7/h2-4,6,8,12H,5,10H2,1H3/t8-/m1/s1. The fourth-order valence-electron chi connectivity index (χ4n) is 1.10. The minimum atomic E-state index is -3.82. The zero-order valence-corrected chi connectivity index (χ0v) is 9.98. The molecule has 0 aliphatic heterocycles. The minimum absolute atomic E-state index is 0.0395. The van der Waals surface area contributed by atoms with Crippen molar-refractivity contribution in [3.8, 4) is 0 Å². The van der Waals surface area contributed by atoms with E-state index >= 15 is 0 Å². The van der Waals surface area contributed by atoms with Crippen LogP contribution in [0.25, 0.3) is 0 Å². The summed E-state index contributed by atoms with van der Waals surface area (Å²) in [5.41, 5.74) is 5.29. The molecule has 0 unspecified atom stereocenters. The molecule has 8 heteroatoms. The van der Waals surface area contributed by atoms with Gasteiger partial charge in [-0.25, -0.2) is 8.42 Å². The lowest BCUT2D eigenvalue weighted by Gasteiger charge is -2.14. The molecule has 0 aromatic carbocycles. The lowest BCUT2D eigenvalue weighted by atomic mass is 10.3. The van der Waals surface area contributed by atoms with E-state index in [0.717, 1.165) is 7.11 Å². The molecule has 0 amide bonds. The van der Waals surface area contributed by atoms with Crippen LogP contribution in [0.15, 0.2) is 29.4 Å². The van der Waals surface area contributed by atoms with Gasteiger partial charge < -0.3 is 10.5 Å². The van der Waals surface area contributed by atoms with Gasteiger partial charge in [-0.1, -0.05) is 0 Å². The lowest BCUT2D eigenvalue weighted by molar-refractivity contribution is -0.142. The highest BCUT2D eigenvalue weighted by Crippen LogP contribution is 2.06. The molecule has 17 heavy (non-hydrogen) atoms. The van der Waals surface area contributed by atoms with E-state index in [1.807, 2.05) is 0 Å². The lowest BCUT2D eigenvalue weighted by Crippen LogP contribution is -2.46. The molecule has 3 N–H and O–H groups in total. The molecule has 7 nitrogen and oxygen atoms in total. The number of esters is 1. The van der Waals surface area contributed by atoms with Gasteiger partial charge >= 0.3 is 5.97 Å². The van der Waals surface area contributed by atoms with Crippen LogP contribution >= 0.6 is 0 Å². The predicted octanol–water partition coefficient (Wildman–Crippen LogP) is -1.14. The fourth-order valence-corrected chi connectivity index (χ4v) is 2.26. The molecule has 0 radical (unpaired) electrons. The summed E-state index contributed by atoms with van der Waals surface area (Å²) in [6.07, 6.45) is 2.62. The molecule has 1 aromatic rings. The van der Waals surface area contributed by atoms with Gasteiger partial charge in [0, 0.05) is 18.9 Å². The number of aromatic nitrogens is 1. The number of nitrogens with one attached hydrogen (secondary N) is 1. The Balaban J connectivity index is 2.90. The highest BCUT2D eigenvalue weighted by atomic mass is 32.2. The summed E-state index contributed by atoms with van der Waals surface area (Å²) in [4.78, 5) is 14.9. The van der Waals surface area contributed by atoms with Crippen LogP contribution in [0.3, 0.4) is 0 Å². The van der Waals surface area contributed by atoms with Gasteiger partial charge in [0.25, 0.3) is 0 Å². The third-order valence-corrected chi connectivity index (χ3v) is 3.42. The maximum Gasteiger partial charge on any atom is 0.325 e. The molecule has 1 heterocycles. The number of pyridine rings is 1. The van der Waals surface area contributed by atoms with Crippen molar-refractivity contribution in [3.63, 3.8) is 0 Å². The molecule has 1 aromatic heterocycles. The fraction of sp³-hybridized carbons (Fsp3) is 0.333. The number of ether oxygens (including phenoxy) is 1. The summed E-state index contributed by atoms with van der Waals surface area (Å²) >= 11 is 0. The van der Waals surface area contributed by atoms with Gasteiger partial charge in [0.05, 0.1) is 7.11 Å². The van der Waals surface area contributed by atoms with Gasteiger partial charge in [0.1, 0.15) is 10.9 Å². The minimum Gasteiger partial charge on any atom is -0.468 e. The Hall–Kier alpha value is -1.51. The number of nitrogens with two attached hydrogens (primary N) is 1. The van der Waals surface area contributed by atoms with Crippen molar-refractivity contribution in [2.24, 2.45) is 5.73 Å². The van der Waals surface area contributed by atoms with Crippen LogP contribution in [0.5, 0.6) is 0 Å². The van der Waals surface area contributed by atoms with Gasteiger partial charge in [-0.2, -0.15) is 4.72 Å². The number of rotatable bonds is 5. The van der Waals surface area contributed by atoms with Gasteiger partial charge in [-0.15, -0.1) is 0 Å². The molecular formula is C9H13N3O4S. The third kappa shape index (κ3) is 3.48. The van der Waals surface area contributed by atoms with Gasteiger partial charge in [0.2, 0.25) is 10.0 Å². The van der Waals surface area contributed by atoms with Crippen molar-refractivity contribution < 1.29 is 17.9 Å². The molecule has 0 aliphatic carbocycles. The number of carbonyl (C=O) groups excluding carboxylic acids is 1. The summed E-state index contributed by atoms with van der Waals surface area (Å²) in [7, 11) is -2.66. The van der Waals surface area contributed by atoms with Crippen molar-refractivity contribution in [2.75, 3.05) is 13.7 Å². The Bertz CT molecular complexity index is 474. The quantitative estimate of drug-likeness (QED) is 0.646. The topological polar surface area (TPSA) is 111 Å². The van der Waals surface area contributed by atoms with E-state index in [1.165, 1.54) is 24.5 Å². The second kappa shape index (κ2) is 5.71. The van der Waals surface area contributed by atoms with E-state index < -0.39 is 22.0 Å². The molecule has 0 fully saturated rings. The first-order valence-electron chi connectivity index (χ1n) is 4.71. The Morgan fingerprint density at radius 2 is 2.35 bits per heavy atom. The Morgan fingerprint density at radius 1 is 1.65 bits per heavy atom. The summed E-state index contributed by atoms with van der Waals surface area (Å²) in [6, 6.07) is 1.73. The predicted molar refractivity (Wildman–Crippen MR) is 59.4 cm³/mol. The monoisotopic (exact) mass is 259 g/mol. The smallest absolute Gasteiger partial charge is 0.325 e. The van der Waals surface area contributed by atoms with Crippen LogP contribution in [0.4, 0.5) is 0 Å². The maximum atomic E-state index is 11.8. The molecule has 0 spiro atoms. The third-order valence-electron chi connectivity index (χ3n) is 1.96. The van der Waals surface area contributed by atoms with Crippen molar-refractivity contribution >= 4 is 16.0 Å². The van der Waals surface area contributed by atoms with Gasteiger partial charge in [0.15, 0.2) is 0 Å². The second-order valence-corrected chi connectivity index (χ2v) is 4.84. The van der Waals surface area contributed by atoms with Crippen LogP contribution in [-0.4, -0.2) is 39.1 Å². The number of nitrogens with zero attached hydrogens (tertiary/aromatic N) is 1. The van der Waals surface area contributed by atoms with Crippen molar-refractivity contribution in [3.05, 3.63) is 24.5 Å².